The van der Waals surface area contributed by atoms with Crippen LogP contribution in [-0.2, 0) is 10.8 Å². The lowest BCUT2D eigenvalue weighted by molar-refractivity contribution is 0.538. The highest BCUT2D eigenvalue weighted by Gasteiger charge is 2.26. The van der Waals surface area contributed by atoms with Gasteiger partial charge >= 0.3 is 0 Å². The van der Waals surface area contributed by atoms with Crippen LogP contribution in [0.2, 0.25) is 0 Å². The maximum atomic E-state index is 5.13. The Kier molecular flexibility index (Phi) is 6.15. The Morgan fingerprint density at radius 1 is 0.595 bits per heavy atom. The van der Waals surface area contributed by atoms with Crippen LogP contribution >= 0.6 is 0 Å². The summed E-state index contributed by atoms with van der Waals surface area (Å²) in [4.78, 5) is 12.4. The number of hydrogen-bond acceptors (Lipinski definition) is 5. The van der Waals surface area contributed by atoms with Crippen molar-refractivity contribution in [2.45, 2.75) is 52.4 Å². The van der Waals surface area contributed by atoms with E-state index >= 15 is 0 Å². The zero-order chi connectivity index (χ0) is 26.2. The minimum atomic E-state index is -0.142. The molecular weight excluding hydrogens is 458 g/mol. The summed E-state index contributed by atoms with van der Waals surface area (Å²) in [6, 6.07) is 22.5. The maximum absolute atomic E-state index is 5.13. The highest BCUT2D eigenvalue weighted by molar-refractivity contribution is 5.75. The molecule has 0 N–H and O–H groups in total. The normalized spacial score (nSPS) is 12.1. The van der Waals surface area contributed by atoms with Gasteiger partial charge in [-0.3, -0.25) is 4.90 Å². The first-order valence-electron chi connectivity index (χ1n) is 12.5. The van der Waals surface area contributed by atoms with Crippen molar-refractivity contribution < 1.29 is 0 Å². The van der Waals surface area contributed by atoms with Crippen LogP contribution in [0.15, 0.2) is 91.5 Å². The summed E-state index contributed by atoms with van der Waals surface area (Å²) >= 11 is 0. The Labute approximate surface area is 218 Å². The third kappa shape index (κ3) is 5.16. The molecule has 0 spiro atoms. The summed E-state index contributed by atoms with van der Waals surface area (Å²) in [5.41, 5.74) is 5.51. The fourth-order valence-corrected chi connectivity index (χ4v) is 4.08. The molecule has 7 heteroatoms. The predicted molar refractivity (Wildman–Crippen MR) is 148 cm³/mol. The number of rotatable bonds is 5. The molecule has 3 aromatic heterocycles. The molecule has 0 aliphatic carbocycles. The lowest BCUT2D eigenvalue weighted by Crippen LogP contribution is -2.23. The van der Waals surface area contributed by atoms with Crippen LogP contribution in [0.5, 0.6) is 0 Å². The monoisotopic (exact) mass is 491 g/mol. The molecule has 7 nitrogen and oxygen atoms in total. The number of benzene rings is 2. The minimum Gasteiger partial charge on any atom is -0.279 e. The minimum absolute atomic E-state index is 0.142. The fraction of sp³-hybridized carbons (Fsp3) is 0.267. The van der Waals surface area contributed by atoms with Crippen LogP contribution in [-0.4, -0.2) is 29.5 Å². The van der Waals surface area contributed by atoms with Gasteiger partial charge in [-0.2, -0.15) is 10.2 Å². The van der Waals surface area contributed by atoms with E-state index in [1.54, 1.807) is 12.4 Å². The number of anilines is 3. The Hall–Kier alpha value is -4.26. The van der Waals surface area contributed by atoms with E-state index in [-0.39, 0.29) is 10.8 Å². The molecule has 3 heterocycles. The highest BCUT2D eigenvalue weighted by Crippen LogP contribution is 2.37. The highest BCUT2D eigenvalue weighted by atomic mass is 15.3. The van der Waals surface area contributed by atoms with Gasteiger partial charge in [0, 0.05) is 35.6 Å². The molecule has 0 aliphatic rings. The van der Waals surface area contributed by atoms with E-state index in [1.165, 1.54) is 0 Å². The second-order valence-corrected chi connectivity index (χ2v) is 11.2. The third-order valence-corrected chi connectivity index (χ3v) is 6.16. The quantitative estimate of drug-likeness (QED) is 0.267. The van der Waals surface area contributed by atoms with Gasteiger partial charge in [0.2, 0.25) is 5.95 Å². The zero-order valence-corrected chi connectivity index (χ0v) is 22.3. The molecule has 0 bridgehead atoms. The van der Waals surface area contributed by atoms with Crippen LogP contribution in [0.25, 0.3) is 11.4 Å². The van der Waals surface area contributed by atoms with Crippen molar-refractivity contribution in [3.8, 4) is 11.4 Å². The Morgan fingerprint density at radius 2 is 1.05 bits per heavy atom. The van der Waals surface area contributed by atoms with E-state index < -0.39 is 0 Å². The summed E-state index contributed by atoms with van der Waals surface area (Å²) in [7, 11) is 0. The first-order valence-corrected chi connectivity index (χ1v) is 12.5. The summed E-state index contributed by atoms with van der Waals surface area (Å²) in [6.45, 7) is 13.1. The van der Waals surface area contributed by atoms with Crippen molar-refractivity contribution in [3.05, 3.63) is 103 Å². The van der Waals surface area contributed by atoms with Crippen molar-refractivity contribution in [2.24, 2.45) is 0 Å². The smallest absolute Gasteiger partial charge is 0.235 e. The van der Waals surface area contributed by atoms with Gasteiger partial charge in [-0.1, -0.05) is 53.7 Å². The zero-order valence-electron chi connectivity index (χ0n) is 22.3. The van der Waals surface area contributed by atoms with Gasteiger partial charge in [0.1, 0.15) is 0 Å². The summed E-state index contributed by atoms with van der Waals surface area (Å²) in [5.74, 6) is 0.632. The number of aromatic nitrogens is 6. The van der Waals surface area contributed by atoms with Gasteiger partial charge in [-0.15, -0.1) is 0 Å². The molecule has 0 fully saturated rings. The van der Waals surface area contributed by atoms with E-state index in [0.717, 1.165) is 34.1 Å². The fourth-order valence-electron chi connectivity index (χ4n) is 4.08. The molecular formula is C30H33N7. The van der Waals surface area contributed by atoms with Gasteiger partial charge in [0.15, 0.2) is 0 Å². The van der Waals surface area contributed by atoms with Gasteiger partial charge in [-0.25, -0.2) is 19.3 Å². The molecule has 5 rings (SSSR count). The Bertz CT molecular complexity index is 1380. The number of hydrogen-bond donors (Lipinski definition) is 0. The summed E-state index contributed by atoms with van der Waals surface area (Å²) < 4.78 is 3.71. The second kappa shape index (κ2) is 9.32. The molecule has 0 radical (unpaired) electrons. The van der Waals surface area contributed by atoms with Crippen LogP contribution in [0, 0.1) is 0 Å². The Morgan fingerprint density at radius 3 is 1.43 bits per heavy atom. The van der Waals surface area contributed by atoms with Crippen molar-refractivity contribution in [2.75, 3.05) is 4.90 Å². The largest absolute Gasteiger partial charge is 0.279 e. The third-order valence-electron chi connectivity index (χ3n) is 6.16. The molecule has 2 aromatic carbocycles. The molecule has 0 aliphatic heterocycles. The molecule has 0 atom stereocenters. The molecule has 188 valence electrons. The molecule has 0 amide bonds. The van der Waals surface area contributed by atoms with Crippen molar-refractivity contribution in [1.29, 1.82) is 0 Å². The van der Waals surface area contributed by atoms with Crippen LogP contribution < -0.4 is 4.90 Å². The van der Waals surface area contributed by atoms with Gasteiger partial charge in [0.25, 0.3) is 0 Å². The van der Waals surface area contributed by atoms with E-state index in [4.69, 9.17) is 9.97 Å². The van der Waals surface area contributed by atoms with Gasteiger partial charge in [0.05, 0.1) is 34.1 Å². The standard InChI is InChI=1S/C30H33N7/c1-29(2,3)26-21-27(30(4,5)6)34-28(33-26)37(24-13-7-11-22(19-24)35-17-9-15-31-35)25-14-8-12-23(20-25)36-18-10-16-32-36/h7-21H,1-6H3. The van der Waals surface area contributed by atoms with E-state index in [1.807, 2.05) is 58.2 Å². The first kappa shape index (κ1) is 24.4. The number of nitrogens with zero attached hydrogens (tertiary/aromatic N) is 7. The molecule has 0 saturated carbocycles. The van der Waals surface area contributed by atoms with Gasteiger partial charge in [-0.05, 0) is 54.6 Å². The van der Waals surface area contributed by atoms with Gasteiger partial charge < -0.3 is 0 Å². The SMILES string of the molecule is CC(C)(C)c1cc(C(C)(C)C)nc(N(c2cccc(-n3cccn3)c2)c2cccc(-n3cccn3)c2)n1. The van der Waals surface area contributed by atoms with Crippen LogP contribution in [0.3, 0.4) is 0 Å². The summed E-state index contributed by atoms with van der Waals surface area (Å²) in [6.07, 6.45) is 7.44. The van der Waals surface area contributed by atoms with E-state index in [0.29, 0.717) is 5.95 Å². The first-order chi connectivity index (χ1) is 17.6. The average molecular weight is 492 g/mol. The topological polar surface area (TPSA) is 64.7 Å². The molecule has 37 heavy (non-hydrogen) atoms. The van der Waals surface area contributed by atoms with Crippen LogP contribution in [0.1, 0.15) is 52.9 Å². The van der Waals surface area contributed by atoms with E-state index in [9.17, 15) is 0 Å². The lowest BCUT2D eigenvalue weighted by atomic mass is 9.86. The lowest BCUT2D eigenvalue weighted by Gasteiger charge is -2.29. The molecule has 0 saturated heterocycles. The van der Waals surface area contributed by atoms with Crippen LogP contribution in [0.4, 0.5) is 17.3 Å². The predicted octanol–water partition coefficient (Wildman–Crippen LogP) is 6.91. The maximum Gasteiger partial charge on any atom is 0.235 e. The Balaban J connectivity index is 1.75. The van der Waals surface area contributed by atoms with Crippen molar-refractivity contribution in [3.63, 3.8) is 0 Å². The molecule has 0 unspecified atom stereocenters. The van der Waals surface area contributed by atoms with Crippen molar-refractivity contribution >= 4 is 17.3 Å². The second-order valence-electron chi connectivity index (χ2n) is 11.2. The molecule has 5 aromatic rings. The van der Waals surface area contributed by atoms with E-state index in [2.05, 4.69) is 87.0 Å². The summed E-state index contributed by atoms with van der Waals surface area (Å²) in [5, 5.41) is 8.86. The van der Waals surface area contributed by atoms with Crippen molar-refractivity contribution in [1.82, 2.24) is 29.5 Å². The average Bonchev–Trinajstić information content (AvgIpc) is 3.58.